The van der Waals surface area contributed by atoms with Gasteiger partial charge < -0.3 is 20.1 Å². The lowest BCUT2D eigenvalue weighted by molar-refractivity contribution is -0.161. The Hall–Kier alpha value is -3.33. The van der Waals surface area contributed by atoms with Crippen molar-refractivity contribution >= 4 is 19.8 Å². The van der Waals surface area contributed by atoms with E-state index in [1.807, 2.05) is 0 Å². The molecule has 0 bridgehead atoms. The van der Waals surface area contributed by atoms with Gasteiger partial charge in [-0.3, -0.25) is 18.6 Å². The summed E-state index contributed by atoms with van der Waals surface area (Å²) in [6.07, 6.45) is 111. The van der Waals surface area contributed by atoms with Crippen molar-refractivity contribution in [2.75, 3.05) is 26.4 Å². The lowest BCUT2D eigenvalue weighted by Gasteiger charge is -2.19. The average Bonchev–Trinajstić information content (AvgIpc) is 2.64. The summed E-state index contributed by atoms with van der Waals surface area (Å²) in [5.41, 5.74) is 5.42. The Balaban J connectivity index is 3.82. The molecular formula is C85H152NO8P. The molecule has 2 atom stereocenters. The van der Waals surface area contributed by atoms with E-state index in [2.05, 4.69) is 123 Å². The van der Waals surface area contributed by atoms with Gasteiger partial charge in [-0.15, -0.1) is 0 Å². The summed E-state index contributed by atoms with van der Waals surface area (Å²) in [4.78, 5) is 35.5. The molecule has 9 nitrogen and oxygen atoms in total. The van der Waals surface area contributed by atoms with Crippen LogP contribution in [0.4, 0.5) is 0 Å². The number of phosphoric acid groups is 1. The van der Waals surface area contributed by atoms with Gasteiger partial charge in [0.15, 0.2) is 6.10 Å². The molecule has 0 aromatic carbocycles. The van der Waals surface area contributed by atoms with Crippen LogP contribution in [0.2, 0.25) is 0 Å². The molecule has 3 N–H and O–H groups in total. The van der Waals surface area contributed by atoms with Crippen LogP contribution >= 0.6 is 7.82 Å². The molecule has 0 fully saturated rings. The van der Waals surface area contributed by atoms with E-state index in [1.165, 1.54) is 263 Å². The van der Waals surface area contributed by atoms with Gasteiger partial charge >= 0.3 is 19.8 Å². The summed E-state index contributed by atoms with van der Waals surface area (Å²) in [5.74, 6) is -0.817. The summed E-state index contributed by atoms with van der Waals surface area (Å²) in [6.45, 7) is 3.68. The smallest absolute Gasteiger partial charge is 0.462 e. The predicted octanol–water partition coefficient (Wildman–Crippen LogP) is 27.2. The van der Waals surface area contributed by atoms with Crippen molar-refractivity contribution < 1.29 is 37.6 Å². The first-order valence-electron chi connectivity index (χ1n) is 40.4. The maximum atomic E-state index is 12.8. The summed E-state index contributed by atoms with van der Waals surface area (Å²) in [6, 6.07) is 0. The van der Waals surface area contributed by atoms with E-state index in [9.17, 15) is 19.0 Å². The zero-order chi connectivity index (χ0) is 68.6. The third kappa shape index (κ3) is 79.5. The largest absolute Gasteiger partial charge is 0.472 e. The van der Waals surface area contributed by atoms with Crippen molar-refractivity contribution in [2.45, 2.75) is 392 Å². The number of carbonyl (C=O) groups is 2. The number of ether oxygens (including phenoxy) is 2. The van der Waals surface area contributed by atoms with Crippen molar-refractivity contribution in [1.29, 1.82) is 0 Å². The van der Waals surface area contributed by atoms with E-state index >= 15 is 0 Å². The van der Waals surface area contributed by atoms with Crippen molar-refractivity contribution in [1.82, 2.24) is 0 Å². The second-order valence-electron chi connectivity index (χ2n) is 26.9. The second-order valence-corrected chi connectivity index (χ2v) is 28.4. The van der Waals surface area contributed by atoms with Crippen molar-refractivity contribution in [3.05, 3.63) is 109 Å². The van der Waals surface area contributed by atoms with Gasteiger partial charge in [-0.2, -0.15) is 0 Å². The molecule has 0 aromatic rings. The van der Waals surface area contributed by atoms with E-state index in [1.54, 1.807) is 0 Å². The van der Waals surface area contributed by atoms with E-state index in [-0.39, 0.29) is 38.6 Å². The normalized spacial score (nSPS) is 13.4. The van der Waals surface area contributed by atoms with E-state index < -0.39 is 26.5 Å². The van der Waals surface area contributed by atoms with E-state index in [0.29, 0.717) is 6.42 Å². The molecule has 10 heteroatoms. The van der Waals surface area contributed by atoms with Crippen molar-refractivity contribution in [3.63, 3.8) is 0 Å². The molecule has 0 aliphatic carbocycles. The molecule has 0 amide bonds. The van der Waals surface area contributed by atoms with Gasteiger partial charge in [0.25, 0.3) is 0 Å². The summed E-state index contributed by atoms with van der Waals surface area (Å²) >= 11 is 0. The Labute approximate surface area is 588 Å². The van der Waals surface area contributed by atoms with Gasteiger partial charge in [0, 0.05) is 19.4 Å². The maximum Gasteiger partial charge on any atom is 0.472 e. The van der Waals surface area contributed by atoms with Crippen molar-refractivity contribution in [2.24, 2.45) is 5.73 Å². The molecule has 0 aliphatic rings. The number of unbranched alkanes of at least 4 members (excludes halogenated alkanes) is 45. The summed E-state index contributed by atoms with van der Waals surface area (Å²) < 4.78 is 33.3. The maximum absolute atomic E-state index is 12.8. The highest BCUT2D eigenvalue weighted by Crippen LogP contribution is 2.43. The number of allylic oxidation sites excluding steroid dienone is 18. The Bertz CT molecular complexity index is 1930. The van der Waals surface area contributed by atoms with Gasteiger partial charge in [0.1, 0.15) is 6.61 Å². The molecule has 0 rings (SSSR count). The van der Waals surface area contributed by atoms with Crippen LogP contribution in [-0.4, -0.2) is 49.3 Å². The van der Waals surface area contributed by atoms with Crippen LogP contribution in [0.3, 0.4) is 0 Å². The highest BCUT2D eigenvalue weighted by Gasteiger charge is 2.26. The highest BCUT2D eigenvalue weighted by atomic mass is 31.2. The number of hydrogen-bond donors (Lipinski definition) is 2. The van der Waals surface area contributed by atoms with Gasteiger partial charge in [-0.05, 0) is 103 Å². The number of carbonyl (C=O) groups excluding carboxylic acids is 2. The number of phosphoric ester groups is 1. The predicted molar refractivity (Wildman–Crippen MR) is 413 cm³/mol. The minimum absolute atomic E-state index is 0.0510. The Morgan fingerprint density at radius 3 is 0.874 bits per heavy atom. The molecule has 0 spiro atoms. The van der Waals surface area contributed by atoms with Gasteiger partial charge in [0.2, 0.25) is 0 Å². The minimum atomic E-state index is -4.40. The van der Waals surface area contributed by atoms with E-state index in [0.717, 1.165) is 89.9 Å². The van der Waals surface area contributed by atoms with Gasteiger partial charge in [-0.25, -0.2) is 4.57 Å². The van der Waals surface area contributed by atoms with Crippen LogP contribution < -0.4 is 5.73 Å². The highest BCUT2D eigenvalue weighted by molar-refractivity contribution is 7.47. The van der Waals surface area contributed by atoms with Gasteiger partial charge in [-0.1, -0.05) is 380 Å². The number of esters is 2. The molecule has 0 radical (unpaired) electrons. The fraction of sp³-hybridized carbons (Fsp3) is 0.765. The van der Waals surface area contributed by atoms with Crippen LogP contribution in [0.5, 0.6) is 0 Å². The fourth-order valence-electron chi connectivity index (χ4n) is 11.7. The first-order valence-corrected chi connectivity index (χ1v) is 41.9. The molecule has 0 heterocycles. The molecule has 2 unspecified atom stereocenters. The summed E-state index contributed by atoms with van der Waals surface area (Å²) in [5, 5.41) is 0. The molecule has 0 saturated carbocycles. The monoisotopic (exact) mass is 1350 g/mol. The zero-order valence-corrected chi connectivity index (χ0v) is 63.0. The summed E-state index contributed by atoms with van der Waals surface area (Å²) in [7, 11) is -4.40. The van der Waals surface area contributed by atoms with Crippen LogP contribution in [0, 0.1) is 0 Å². The lowest BCUT2D eigenvalue weighted by atomic mass is 10.0. The first-order chi connectivity index (χ1) is 46.8. The van der Waals surface area contributed by atoms with E-state index in [4.69, 9.17) is 24.3 Å². The molecule has 0 saturated heterocycles. The molecular weight excluding hydrogens is 1190 g/mol. The third-order valence-corrected chi connectivity index (χ3v) is 18.6. The topological polar surface area (TPSA) is 134 Å². The first kappa shape index (κ1) is 91.7. The standard InChI is InChI=1S/C85H152NO8P/c1-3-5-7-9-11-13-15-17-19-21-23-25-27-29-31-33-35-37-39-41-43-45-47-49-51-53-55-57-59-61-63-65-67-69-71-73-75-77-84(87)91-81-83(82-93-95(89,90)92-80-79-86)94-85(88)78-76-74-72-70-68-66-64-62-60-58-56-54-52-50-48-46-44-42-40-38-36-34-32-30-28-26-24-22-20-18-16-14-12-10-8-6-4-2/h6,8,12,14,18,20-21,23-24,26,30,32,36,38,42,44,48,50,83H,3-5,7,9-11,13,15-17,19,22,25,27-29,31,33-35,37,39-41,43,45-47,49,51-82,86H2,1-2H3,(H,89,90)/b8-6-,14-12-,20-18-,23-21-,26-24-,32-30-,38-36-,44-42-,50-48-. The van der Waals surface area contributed by atoms with Crippen LogP contribution in [0.1, 0.15) is 386 Å². The molecule has 95 heavy (non-hydrogen) atoms. The zero-order valence-electron chi connectivity index (χ0n) is 62.1. The van der Waals surface area contributed by atoms with Crippen LogP contribution in [-0.2, 0) is 32.7 Å². The molecule has 0 aliphatic heterocycles. The number of nitrogens with two attached hydrogens (primary N) is 1. The Morgan fingerprint density at radius 2 is 0.579 bits per heavy atom. The SMILES string of the molecule is CC/C=C\C/C=C\C/C=C\C/C=C\C/C=C\C/C=C\C/C=C\C/C=C\CCCCCCCCCCCCCCC(=O)OC(COC(=O)CCCCCCCCCCCCCCCCCCCCCCCCCCC/C=C\CCCCCCCCCC)COP(=O)(O)OCCN. The third-order valence-electron chi connectivity index (χ3n) is 17.6. The average molecular weight is 1350 g/mol. The molecule has 0 aromatic heterocycles. The Kier molecular flexibility index (Phi) is 76.9. The van der Waals surface area contributed by atoms with Crippen LogP contribution in [0.15, 0.2) is 109 Å². The lowest BCUT2D eigenvalue weighted by Crippen LogP contribution is -2.29. The second kappa shape index (κ2) is 79.7. The fourth-order valence-corrected chi connectivity index (χ4v) is 12.5. The quantitative estimate of drug-likeness (QED) is 0.0264. The number of rotatable bonds is 76. The van der Waals surface area contributed by atoms with Gasteiger partial charge in [0.05, 0.1) is 13.2 Å². The number of hydrogen-bond acceptors (Lipinski definition) is 8. The van der Waals surface area contributed by atoms with Crippen molar-refractivity contribution in [3.8, 4) is 0 Å². The van der Waals surface area contributed by atoms with Crippen LogP contribution in [0.25, 0.3) is 0 Å². The minimum Gasteiger partial charge on any atom is -0.462 e. The Morgan fingerprint density at radius 1 is 0.326 bits per heavy atom. The molecule has 550 valence electrons.